The first-order valence-electron chi connectivity index (χ1n) is 12.0. The topological polar surface area (TPSA) is 68.3 Å². The number of anilines is 1. The molecule has 8 heteroatoms. The van der Waals surface area contributed by atoms with Crippen LogP contribution in [0.3, 0.4) is 0 Å². The molecule has 3 aliphatic carbocycles. The van der Waals surface area contributed by atoms with Gasteiger partial charge in [-0.2, -0.15) is 0 Å². The van der Waals surface area contributed by atoms with Crippen molar-refractivity contribution in [2.75, 3.05) is 12.4 Å². The van der Waals surface area contributed by atoms with Gasteiger partial charge in [0.2, 0.25) is 5.91 Å². The molecule has 1 amide bonds. The summed E-state index contributed by atoms with van der Waals surface area (Å²) in [5.74, 6) is 2.54. The first-order valence-corrected chi connectivity index (χ1v) is 14.5. The van der Waals surface area contributed by atoms with Crippen LogP contribution in [0.25, 0.3) is 0 Å². The van der Waals surface area contributed by atoms with Gasteiger partial charge >= 0.3 is 0 Å². The molecule has 34 heavy (non-hydrogen) atoms. The predicted molar refractivity (Wildman–Crippen MR) is 142 cm³/mol. The van der Waals surface area contributed by atoms with Gasteiger partial charge in [0.25, 0.3) is 0 Å². The first kappa shape index (κ1) is 24.4. The maximum absolute atomic E-state index is 13.5. The second-order valence-corrected chi connectivity index (χ2v) is 13.3. The maximum atomic E-state index is 13.5. The molecule has 0 aliphatic heterocycles. The molecular weight excluding hydrogens is 580 g/mol. The zero-order chi connectivity index (χ0) is 24.2. The number of Topliss-reactive ketones (excluding diaryl/α,β-unsaturated/α-hetero) is 1. The number of hydrogen-bond acceptors (Lipinski definition) is 5. The smallest absolute Gasteiger partial charge is 0.226 e. The van der Waals surface area contributed by atoms with E-state index in [2.05, 4.69) is 61.2 Å². The number of aryl methyl sites for hydroxylation is 2. The summed E-state index contributed by atoms with van der Waals surface area (Å²) in [6, 6.07) is 4.42. The summed E-state index contributed by atoms with van der Waals surface area (Å²) in [5.41, 5.74) is 2.47. The number of methoxy groups -OCH3 is 1. The van der Waals surface area contributed by atoms with E-state index >= 15 is 0 Å². The number of halogens is 2. The normalized spacial score (nSPS) is 32.0. The second kappa shape index (κ2) is 9.32. The van der Waals surface area contributed by atoms with E-state index in [1.165, 1.54) is 22.5 Å². The molecule has 0 spiro atoms. The van der Waals surface area contributed by atoms with Gasteiger partial charge in [0, 0.05) is 22.9 Å². The van der Waals surface area contributed by atoms with Gasteiger partial charge < -0.3 is 10.1 Å². The van der Waals surface area contributed by atoms with Gasteiger partial charge in [0.1, 0.15) is 5.75 Å². The molecule has 6 unspecified atom stereocenters. The van der Waals surface area contributed by atoms with E-state index in [0.29, 0.717) is 35.6 Å². The summed E-state index contributed by atoms with van der Waals surface area (Å²) < 4.78 is 6.53. The van der Waals surface area contributed by atoms with E-state index in [-0.39, 0.29) is 28.0 Å². The molecule has 1 N–H and O–H groups in total. The van der Waals surface area contributed by atoms with Gasteiger partial charge in [-0.15, -0.1) is 11.3 Å². The molecule has 0 bridgehead atoms. The van der Waals surface area contributed by atoms with Gasteiger partial charge in [-0.05, 0) is 102 Å². The summed E-state index contributed by atoms with van der Waals surface area (Å²) in [4.78, 5) is 31.3. The number of ether oxygens (including phenoxy) is 1. The average Bonchev–Trinajstić information content (AvgIpc) is 3.30. The maximum Gasteiger partial charge on any atom is 0.226 e. The Labute approximate surface area is 221 Å². The van der Waals surface area contributed by atoms with Crippen LogP contribution in [0.2, 0.25) is 0 Å². The number of rotatable bonds is 5. The fraction of sp³-hybridized carbons (Fsp3) is 0.577. The van der Waals surface area contributed by atoms with E-state index in [9.17, 15) is 9.59 Å². The highest BCUT2D eigenvalue weighted by atomic mass is 79.9. The van der Waals surface area contributed by atoms with E-state index in [0.717, 1.165) is 40.8 Å². The number of fused-ring (bicyclic) bond motifs is 5. The Morgan fingerprint density at radius 1 is 1.35 bits per heavy atom. The molecule has 0 radical (unpaired) electrons. The lowest BCUT2D eigenvalue weighted by Crippen LogP contribution is -2.44. The molecule has 5 nitrogen and oxygen atoms in total. The van der Waals surface area contributed by atoms with Crippen LogP contribution in [-0.2, 0) is 16.0 Å². The molecule has 1 aromatic heterocycles. The van der Waals surface area contributed by atoms with Crippen molar-refractivity contribution in [1.82, 2.24) is 4.98 Å². The lowest BCUT2D eigenvalue weighted by atomic mass is 9.54. The van der Waals surface area contributed by atoms with Gasteiger partial charge in [-0.3, -0.25) is 9.59 Å². The number of nitrogens with zero attached hydrogens (tertiary/aromatic N) is 1. The Balaban J connectivity index is 1.38. The fourth-order valence-electron chi connectivity index (χ4n) is 6.96. The quantitative estimate of drug-likeness (QED) is 0.385. The lowest BCUT2D eigenvalue weighted by Gasteiger charge is -2.50. The van der Waals surface area contributed by atoms with Gasteiger partial charge in [-0.1, -0.05) is 22.9 Å². The van der Waals surface area contributed by atoms with Crippen LogP contribution in [0.1, 0.15) is 60.9 Å². The van der Waals surface area contributed by atoms with Crippen LogP contribution < -0.4 is 10.1 Å². The third-order valence-electron chi connectivity index (χ3n) is 8.47. The number of thiazole rings is 1. The number of alkyl halides is 1. The Kier molecular flexibility index (Phi) is 6.70. The molecule has 3 aliphatic rings. The molecule has 2 fully saturated rings. The standard InChI is InChI=1S/C26H30Br2N2O3S/c1-13-12-29-25(34-13)30-21(31)7-6-17-22-16-5-4-14-10-20(33-3)19(27)11-18(14)15(16)8-9-26(22,2)24(32)23(17)28/h10-12,15-17,22-23H,4-9H2,1-3H3,(H,29,30,31). The Hall–Kier alpha value is -1.25. The summed E-state index contributed by atoms with van der Waals surface area (Å²) in [5, 5.41) is 3.58. The summed E-state index contributed by atoms with van der Waals surface area (Å²) >= 11 is 8.95. The number of carbonyl (C=O) groups is 2. The summed E-state index contributed by atoms with van der Waals surface area (Å²) in [6.07, 6.45) is 6.91. The molecule has 2 aromatic rings. The van der Waals surface area contributed by atoms with Crippen molar-refractivity contribution in [3.8, 4) is 5.75 Å². The Bertz CT molecular complexity index is 1140. The molecule has 182 valence electrons. The average molecular weight is 610 g/mol. The Morgan fingerprint density at radius 3 is 2.85 bits per heavy atom. The molecular formula is C26H30Br2N2O3S. The van der Waals surface area contributed by atoms with Crippen LogP contribution in [0.4, 0.5) is 5.13 Å². The molecule has 2 saturated carbocycles. The van der Waals surface area contributed by atoms with Crippen LogP contribution in [0.15, 0.2) is 22.8 Å². The van der Waals surface area contributed by atoms with Crippen molar-refractivity contribution in [1.29, 1.82) is 0 Å². The largest absolute Gasteiger partial charge is 0.496 e. The second-order valence-electron chi connectivity index (χ2n) is 10.3. The van der Waals surface area contributed by atoms with Crippen molar-refractivity contribution >= 4 is 60.0 Å². The van der Waals surface area contributed by atoms with Crippen molar-refractivity contribution in [2.24, 2.45) is 23.2 Å². The molecule has 5 rings (SSSR count). The van der Waals surface area contributed by atoms with Gasteiger partial charge in [0.05, 0.1) is 16.4 Å². The molecule has 1 heterocycles. The van der Waals surface area contributed by atoms with E-state index in [1.54, 1.807) is 13.3 Å². The molecule has 0 saturated heterocycles. The number of amides is 1. The first-order chi connectivity index (χ1) is 16.2. The van der Waals surface area contributed by atoms with Crippen LogP contribution in [0.5, 0.6) is 5.75 Å². The highest BCUT2D eigenvalue weighted by Crippen LogP contribution is 2.63. The zero-order valence-corrected chi connectivity index (χ0v) is 23.7. The van der Waals surface area contributed by atoms with Crippen LogP contribution in [-0.4, -0.2) is 28.6 Å². The van der Waals surface area contributed by atoms with Crippen molar-refractivity contribution < 1.29 is 14.3 Å². The minimum Gasteiger partial charge on any atom is -0.496 e. The number of hydrogen-bond donors (Lipinski definition) is 1. The highest BCUT2D eigenvalue weighted by Gasteiger charge is 2.61. The Morgan fingerprint density at radius 2 is 2.15 bits per heavy atom. The van der Waals surface area contributed by atoms with Crippen molar-refractivity contribution in [3.63, 3.8) is 0 Å². The van der Waals surface area contributed by atoms with Crippen molar-refractivity contribution in [2.45, 2.75) is 63.1 Å². The monoisotopic (exact) mass is 608 g/mol. The lowest BCUT2D eigenvalue weighted by molar-refractivity contribution is -0.129. The van der Waals surface area contributed by atoms with Gasteiger partial charge in [0.15, 0.2) is 10.9 Å². The SMILES string of the molecule is COc1cc2c(cc1Br)C1CCC3(C)C(=O)C(Br)C(CCC(=O)Nc4ncc(C)s4)C3C1CC2. The predicted octanol–water partition coefficient (Wildman–Crippen LogP) is 6.67. The minimum absolute atomic E-state index is 0.0209. The molecule has 6 atom stereocenters. The van der Waals surface area contributed by atoms with Crippen molar-refractivity contribution in [3.05, 3.63) is 38.8 Å². The van der Waals surface area contributed by atoms with E-state index in [4.69, 9.17) is 4.74 Å². The highest BCUT2D eigenvalue weighted by molar-refractivity contribution is 9.10. The van der Waals surface area contributed by atoms with Gasteiger partial charge in [-0.25, -0.2) is 4.98 Å². The van der Waals surface area contributed by atoms with E-state index < -0.39 is 0 Å². The third-order valence-corrected chi connectivity index (χ3v) is 11.0. The number of nitrogens with one attached hydrogen (secondary N) is 1. The summed E-state index contributed by atoms with van der Waals surface area (Å²) in [6.45, 7) is 4.16. The zero-order valence-electron chi connectivity index (χ0n) is 19.7. The van der Waals surface area contributed by atoms with E-state index in [1.807, 2.05) is 6.92 Å². The van der Waals surface area contributed by atoms with Crippen LogP contribution >= 0.6 is 43.2 Å². The molecule has 1 aromatic carbocycles. The third kappa shape index (κ3) is 4.07. The number of benzene rings is 1. The number of ketones is 1. The minimum atomic E-state index is -0.315. The summed E-state index contributed by atoms with van der Waals surface area (Å²) in [7, 11) is 1.71. The number of carbonyl (C=O) groups excluding carboxylic acids is 2. The fourth-order valence-corrected chi connectivity index (χ4v) is 9.28. The van der Waals surface area contributed by atoms with Crippen LogP contribution in [0, 0.1) is 30.1 Å². The number of aromatic nitrogens is 1.